The third kappa shape index (κ3) is 5.82. The van der Waals surface area contributed by atoms with Crippen molar-refractivity contribution in [2.24, 2.45) is 21.8 Å². The third-order valence-corrected chi connectivity index (χ3v) is 15.8. The van der Waals surface area contributed by atoms with Crippen molar-refractivity contribution in [3.63, 3.8) is 0 Å². The Hall–Kier alpha value is -5.54. The number of hydrogen-bond donors (Lipinski definition) is 1. The maximum atomic E-state index is 5.27. The molecule has 0 saturated heterocycles. The summed E-state index contributed by atoms with van der Waals surface area (Å²) in [5.41, 5.74) is 17.7. The van der Waals surface area contributed by atoms with Gasteiger partial charge in [0.25, 0.3) is 0 Å². The number of amidine groups is 2. The first kappa shape index (κ1) is 36.3. The first-order valence-electron chi connectivity index (χ1n) is 23.2. The molecule has 2 saturated carbocycles. The number of hydrogen-bond acceptors (Lipinski definition) is 3. The van der Waals surface area contributed by atoms with Crippen LogP contribution in [0.4, 0.5) is 0 Å². The van der Waals surface area contributed by atoms with Gasteiger partial charge in [0.15, 0.2) is 6.17 Å². The van der Waals surface area contributed by atoms with Crippen molar-refractivity contribution in [2.45, 2.75) is 106 Å². The molecule has 0 aromatic heterocycles. The summed E-state index contributed by atoms with van der Waals surface area (Å²) in [6.45, 7) is 0. The van der Waals surface area contributed by atoms with E-state index in [4.69, 9.17) is 9.98 Å². The van der Waals surface area contributed by atoms with Gasteiger partial charge in [0.05, 0.1) is 0 Å². The highest BCUT2D eigenvalue weighted by atomic mass is 15.2. The zero-order chi connectivity index (χ0) is 39.7. The molecule has 3 nitrogen and oxygen atoms in total. The summed E-state index contributed by atoms with van der Waals surface area (Å²) in [5.74, 6) is 3.17. The lowest BCUT2D eigenvalue weighted by atomic mass is 9.60. The van der Waals surface area contributed by atoms with Crippen LogP contribution >= 0.6 is 0 Å². The Morgan fingerprint density at radius 1 is 0.650 bits per heavy atom. The van der Waals surface area contributed by atoms with Gasteiger partial charge >= 0.3 is 0 Å². The highest BCUT2D eigenvalue weighted by Crippen LogP contribution is 2.66. The van der Waals surface area contributed by atoms with E-state index in [2.05, 4.69) is 151 Å². The van der Waals surface area contributed by atoms with Gasteiger partial charge < -0.3 is 5.32 Å². The first-order chi connectivity index (χ1) is 29.7. The predicted octanol–water partition coefficient (Wildman–Crippen LogP) is 13.5. The Kier molecular flexibility index (Phi) is 8.83. The fraction of sp³-hybridized carbons (Fsp3) is 0.333. The van der Waals surface area contributed by atoms with Gasteiger partial charge in [0.2, 0.25) is 0 Å². The normalized spacial score (nSPS) is 26.7. The maximum absolute atomic E-state index is 5.27. The second-order valence-electron chi connectivity index (χ2n) is 18.9. The fourth-order valence-corrected chi connectivity index (χ4v) is 13.0. The van der Waals surface area contributed by atoms with Gasteiger partial charge in [-0.05, 0) is 124 Å². The maximum Gasteiger partial charge on any atom is 0.169 e. The lowest BCUT2D eigenvalue weighted by Crippen LogP contribution is -2.41. The largest absolute Gasteiger partial charge is 0.328 e. The average molecular weight is 782 g/mol. The highest BCUT2D eigenvalue weighted by Gasteiger charge is 2.55. The molecular weight excluding hydrogens is 727 g/mol. The molecule has 1 aliphatic heterocycles. The number of rotatable bonds is 5. The minimum atomic E-state index is -0.275. The minimum Gasteiger partial charge on any atom is -0.328 e. The van der Waals surface area contributed by atoms with Gasteiger partial charge in [-0.25, -0.2) is 9.98 Å². The van der Waals surface area contributed by atoms with Crippen LogP contribution < -0.4 is 5.32 Å². The summed E-state index contributed by atoms with van der Waals surface area (Å²) in [6, 6.07) is 37.0. The molecule has 2 spiro atoms. The van der Waals surface area contributed by atoms with Crippen LogP contribution in [0.1, 0.15) is 123 Å². The third-order valence-electron chi connectivity index (χ3n) is 15.8. The summed E-state index contributed by atoms with van der Waals surface area (Å²) in [5, 5.41) is 3.62. The van der Waals surface area contributed by atoms with Crippen LogP contribution in [0.15, 0.2) is 167 Å². The standard InChI is InChI=1S/C57H55N3/c1-5-17-38(18-6-1)53-58-54(39-19-7-2-8-20-39)60-55(59-53)44-24-16-23-42(34-44)40-21-15-22-41(33-40)43-27-28-50-46(35-43)48-36-47-45-25-9-10-26-49(45)56(29-11-3-12-30-56)51(47)37-52(48)57(50)31-13-4-14-32-57/h1-2,5-10,15,17-19,21-22,24-28,33-37,39,47,51,55H,3-4,11-14,16,20,23,29-32H2,(H,58,59,60). The molecule has 4 unspecified atom stereocenters. The summed E-state index contributed by atoms with van der Waals surface area (Å²) < 4.78 is 0. The lowest BCUT2D eigenvalue weighted by Gasteiger charge is -2.43. The van der Waals surface area contributed by atoms with Crippen LogP contribution in [0, 0.1) is 11.8 Å². The Labute approximate surface area is 356 Å². The Morgan fingerprint density at radius 3 is 2.28 bits per heavy atom. The number of fused-ring (bicyclic) bond motifs is 10. The summed E-state index contributed by atoms with van der Waals surface area (Å²) in [7, 11) is 0. The van der Waals surface area contributed by atoms with Crippen molar-refractivity contribution >= 4 is 22.8 Å². The first-order valence-corrected chi connectivity index (χ1v) is 23.2. The van der Waals surface area contributed by atoms with Gasteiger partial charge in [0, 0.05) is 28.2 Å². The second-order valence-corrected chi connectivity index (χ2v) is 18.9. The van der Waals surface area contributed by atoms with E-state index in [0.29, 0.717) is 17.3 Å². The van der Waals surface area contributed by atoms with Crippen LogP contribution in [0.25, 0.3) is 22.3 Å². The molecule has 60 heavy (non-hydrogen) atoms. The van der Waals surface area contributed by atoms with Crippen LogP contribution in [0.3, 0.4) is 0 Å². The van der Waals surface area contributed by atoms with Crippen molar-refractivity contribution in [1.82, 2.24) is 5.32 Å². The highest BCUT2D eigenvalue weighted by molar-refractivity contribution is 6.11. The Morgan fingerprint density at radius 2 is 1.43 bits per heavy atom. The number of nitrogens with zero attached hydrogens (tertiary/aromatic N) is 2. The van der Waals surface area contributed by atoms with Crippen molar-refractivity contribution in [1.29, 1.82) is 0 Å². The predicted molar refractivity (Wildman–Crippen MR) is 249 cm³/mol. The molecule has 0 radical (unpaired) electrons. The molecular formula is C57H55N3. The lowest BCUT2D eigenvalue weighted by molar-refractivity contribution is 0.231. The topological polar surface area (TPSA) is 36.8 Å². The van der Waals surface area contributed by atoms with E-state index in [-0.39, 0.29) is 17.5 Å². The average Bonchev–Trinajstić information content (AvgIpc) is 3.73. The summed E-state index contributed by atoms with van der Waals surface area (Å²) >= 11 is 0. The Balaban J connectivity index is 0.899. The number of benzene rings is 4. The van der Waals surface area contributed by atoms with Crippen molar-refractivity contribution < 1.29 is 0 Å². The molecule has 3 heteroatoms. The zero-order valence-corrected chi connectivity index (χ0v) is 34.8. The number of aliphatic imine (C=N–C) groups is 2. The van der Waals surface area contributed by atoms with Crippen LogP contribution in [0.5, 0.6) is 0 Å². The van der Waals surface area contributed by atoms with Crippen molar-refractivity contribution in [2.75, 3.05) is 0 Å². The molecule has 298 valence electrons. The molecule has 1 N–H and O–H groups in total. The Bertz CT molecular complexity index is 2630. The van der Waals surface area contributed by atoms with Gasteiger partial charge in [0.1, 0.15) is 11.7 Å². The van der Waals surface area contributed by atoms with E-state index in [1.165, 1.54) is 97.6 Å². The fourth-order valence-electron chi connectivity index (χ4n) is 13.0. The van der Waals surface area contributed by atoms with Gasteiger partial charge in [-0.15, -0.1) is 0 Å². The molecule has 2 fully saturated rings. The van der Waals surface area contributed by atoms with Crippen molar-refractivity contribution in [3.8, 4) is 11.1 Å². The van der Waals surface area contributed by atoms with Gasteiger partial charge in [-0.1, -0.05) is 172 Å². The van der Waals surface area contributed by atoms with Crippen LogP contribution in [0.2, 0.25) is 0 Å². The molecule has 0 amide bonds. The number of allylic oxidation sites excluding steroid dienone is 9. The van der Waals surface area contributed by atoms with E-state index in [0.717, 1.165) is 36.5 Å². The van der Waals surface area contributed by atoms with Crippen LogP contribution in [-0.4, -0.2) is 17.8 Å². The molecule has 0 bridgehead atoms. The van der Waals surface area contributed by atoms with E-state index in [9.17, 15) is 0 Å². The number of nitrogens with one attached hydrogen (secondary N) is 1. The molecule has 4 aromatic carbocycles. The molecule has 4 atom stereocenters. The van der Waals surface area contributed by atoms with E-state index in [1.807, 2.05) is 0 Å². The van der Waals surface area contributed by atoms with E-state index in [1.54, 1.807) is 27.8 Å². The summed E-state index contributed by atoms with van der Waals surface area (Å²) in [4.78, 5) is 10.5. The monoisotopic (exact) mass is 781 g/mol. The SMILES string of the molecule is C1=CCC(C2=NC(C3=CCCC(c4cccc(-c5ccc6c(c5)C5=CC7c8ccccc8C8(CCCCC8)C7C=C5C65CCCCC5)c4)=C3)N=C(c3ccccc3)N2)C=C1. The quantitative estimate of drug-likeness (QED) is 0.215. The molecule has 4 aromatic rings. The van der Waals surface area contributed by atoms with E-state index >= 15 is 0 Å². The van der Waals surface area contributed by atoms with Gasteiger partial charge in [-0.3, -0.25) is 0 Å². The molecule has 1 heterocycles. The minimum absolute atomic E-state index is 0.162. The smallest absolute Gasteiger partial charge is 0.169 e. The molecule has 7 aliphatic carbocycles. The summed E-state index contributed by atoms with van der Waals surface area (Å²) in [6.07, 6.45) is 35.2. The van der Waals surface area contributed by atoms with Crippen molar-refractivity contribution in [3.05, 3.63) is 190 Å². The molecule has 8 aliphatic rings. The van der Waals surface area contributed by atoms with Crippen LogP contribution in [-0.2, 0) is 10.8 Å². The van der Waals surface area contributed by atoms with E-state index < -0.39 is 0 Å². The zero-order valence-electron chi connectivity index (χ0n) is 34.8. The van der Waals surface area contributed by atoms with Gasteiger partial charge in [-0.2, -0.15) is 0 Å². The second kappa shape index (κ2) is 14.6. The molecule has 12 rings (SSSR count).